The second kappa shape index (κ2) is 6.74. The molecular weight excluding hydrogens is 240 g/mol. The van der Waals surface area contributed by atoms with Crippen LogP contribution in [-0.2, 0) is 14.3 Å². The number of epoxide rings is 1. The van der Waals surface area contributed by atoms with Crippen molar-refractivity contribution in [2.45, 2.75) is 71.5 Å². The predicted octanol–water partition coefficient (Wildman–Crippen LogP) is 3.56. The van der Waals surface area contributed by atoms with Crippen LogP contribution in [0.15, 0.2) is 0 Å². The summed E-state index contributed by atoms with van der Waals surface area (Å²) in [4.78, 5) is 12.1. The molecule has 3 nitrogen and oxygen atoms in total. The van der Waals surface area contributed by atoms with Crippen molar-refractivity contribution in [3.05, 3.63) is 0 Å². The first-order valence-electron chi connectivity index (χ1n) is 7.96. The van der Waals surface area contributed by atoms with Crippen molar-refractivity contribution < 1.29 is 14.3 Å². The Labute approximate surface area is 117 Å². The van der Waals surface area contributed by atoms with Crippen LogP contribution in [0.25, 0.3) is 0 Å². The van der Waals surface area contributed by atoms with Crippen LogP contribution in [0, 0.1) is 17.8 Å². The first kappa shape index (κ1) is 14.8. The highest BCUT2D eigenvalue weighted by molar-refractivity contribution is 5.72. The zero-order valence-electron chi connectivity index (χ0n) is 12.6. The number of carbonyl (C=O) groups is 1. The van der Waals surface area contributed by atoms with E-state index in [1.54, 1.807) is 0 Å². The van der Waals surface area contributed by atoms with Crippen LogP contribution < -0.4 is 0 Å². The normalized spacial score (nSPS) is 32.3. The molecule has 3 heteroatoms. The van der Waals surface area contributed by atoms with E-state index in [-0.39, 0.29) is 11.9 Å². The summed E-state index contributed by atoms with van der Waals surface area (Å²) in [5.74, 6) is 1.23. The van der Waals surface area contributed by atoms with Gasteiger partial charge in [-0.05, 0) is 43.9 Å². The van der Waals surface area contributed by atoms with Gasteiger partial charge in [-0.2, -0.15) is 0 Å². The van der Waals surface area contributed by atoms with Crippen molar-refractivity contribution in [2.75, 3.05) is 6.61 Å². The summed E-state index contributed by atoms with van der Waals surface area (Å²) in [7, 11) is 0. The number of esters is 1. The van der Waals surface area contributed by atoms with Gasteiger partial charge in [-0.25, -0.2) is 0 Å². The minimum absolute atomic E-state index is 0.0154. The Morgan fingerprint density at radius 3 is 2.68 bits per heavy atom. The molecule has 0 radical (unpaired) electrons. The Kier molecular flexibility index (Phi) is 5.26. The lowest BCUT2D eigenvalue weighted by atomic mass is 9.89. The van der Waals surface area contributed by atoms with Gasteiger partial charge in [0.05, 0.1) is 24.7 Å². The Hall–Kier alpha value is -0.570. The van der Waals surface area contributed by atoms with E-state index in [2.05, 4.69) is 20.8 Å². The maximum Gasteiger partial charge on any atom is 0.308 e. The first-order chi connectivity index (χ1) is 9.13. The van der Waals surface area contributed by atoms with E-state index in [1.165, 1.54) is 0 Å². The highest BCUT2D eigenvalue weighted by Gasteiger charge is 2.44. The second-order valence-corrected chi connectivity index (χ2v) is 6.38. The number of hydrogen-bond acceptors (Lipinski definition) is 3. The number of ether oxygens (including phenoxy) is 2. The van der Waals surface area contributed by atoms with E-state index >= 15 is 0 Å². The van der Waals surface area contributed by atoms with E-state index in [1.807, 2.05) is 0 Å². The number of rotatable bonds is 7. The predicted molar refractivity (Wildman–Crippen MR) is 74.8 cm³/mol. The van der Waals surface area contributed by atoms with Crippen LogP contribution in [-0.4, -0.2) is 24.8 Å². The van der Waals surface area contributed by atoms with E-state index in [0.717, 1.165) is 38.5 Å². The molecule has 0 aromatic heterocycles. The van der Waals surface area contributed by atoms with Crippen molar-refractivity contribution in [3.63, 3.8) is 0 Å². The summed E-state index contributed by atoms with van der Waals surface area (Å²) >= 11 is 0. The molecule has 0 amide bonds. The van der Waals surface area contributed by atoms with Crippen LogP contribution in [0.2, 0.25) is 0 Å². The third kappa shape index (κ3) is 4.20. The summed E-state index contributed by atoms with van der Waals surface area (Å²) in [6.45, 7) is 7.07. The summed E-state index contributed by atoms with van der Waals surface area (Å²) in [5, 5.41) is 0. The maximum atomic E-state index is 12.1. The van der Waals surface area contributed by atoms with Crippen LogP contribution >= 0.6 is 0 Å². The first-order valence-corrected chi connectivity index (χ1v) is 7.96. The van der Waals surface area contributed by atoms with Gasteiger partial charge >= 0.3 is 5.97 Å². The fourth-order valence-corrected chi connectivity index (χ4v) is 3.04. The molecule has 0 aromatic rings. The minimum atomic E-state index is 0.0154. The molecule has 0 N–H and O–H groups in total. The molecule has 110 valence electrons. The Bertz CT molecular complexity index is 302. The summed E-state index contributed by atoms with van der Waals surface area (Å²) in [6.07, 6.45) is 7.37. The van der Waals surface area contributed by atoms with Gasteiger partial charge in [0.1, 0.15) is 0 Å². The van der Waals surface area contributed by atoms with Gasteiger partial charge in [-0.1, -0.05) is 27.2 Å². The molecule has 5 atom stereocenters. The maximum absolute atomic E-state index is 12.1. The Morgan fingerprint density at radius 1 is 1.26 bits per heavy atom. The molecule has 2 rings (SSSR count). The van der Waals surface area contributed by atoms with Crippen LogP contribution in [0.4, 0.5) is 0 Å². The molecule has 0 spiro atoms. The molecule has 1 heterocycles. The fourth-order valence-electron chi connectivity index (χ4n) is 3.04. The molecule has 1 saturated heterocycles. The second-order valence-electron chi connectivity index (χ2n) is 6.38. The number of hydrogen-bond donors (Lipinski definition) is 0. The molecule has 0 bridgehead atoms. The third-order valence-corrected chi connectivity index (χ3v) is 4.78. The van der Waals surface area contributed by atoms with Gasteiger partial charge in [0.2, 0.25) is 0 Å². The standard InChI is InChI=1S/C16H28O3/c1-4-11(3)8-13(5-2)16(17)18-10-12-6-7-14-15(9-12)19-14/h11-15H,4-10H2,1-3H3. The highest BCUT2D eigenvalue weighted by atomic mass is 16.6. The SMILES string of the molecule is CCC(C)CC(CC)C(=O)OCC1CCC2OC2C1. The van der Waals surface area contributed by atoms with Crippen LogP contribution in [0.1, 0.15) is 59.3 Å². The van der Waals surface area contributed by atoms with Crippen molar-refractivity contribution in [1.82, 2.24) is 0 Å². The van der Waals surface area contributed by atoms with Crippen LogP contribution in [0.5, 0.6) is 0 Å². The monoisotopic (exact) mass is 268 g/mol. The highest BCUT2D eigenvalue weighted by Crippen LogP contribution is 2.39. The Balaban J connectivity index is 1.69. The number of fused-ring (bicyclic) bond motifs is 1. The molecule has 1 aliphatic carbocycles. The van der Waals surface area contributed by atoms with Crippen molar-refractivity contribution in [2.24, 2.45) is 17.8 Å². The molecule has 19 heavy (non-hydrogen) atoms. The summed E-state index contributed by atoms with van der Waals surface area (Å²) < 4.78 is 11.1. The average Bonchev–Trinajstić information content (AvgIpc) is 3.20. The van der Waals surface area contributed by atoms with Crippen molar-refractivity contribution in [1.29, 1.82) is 0 Å². The van der Waals surface area contributed by atoms with Gasteiger partial charge in [0, 0.05) is 0 Å². The molecule has 2 fully saturated rings. The van der Waals surface area contributed by atoms with Gasteiger partial charge in [-0.3, -0.25) is 4.79 Å². The Morgan fingerprint density at radius 2 is 2.05 bits per heavy atom. The lowest BCUT2D eigenvalue weighted by Gasteiger charge is -2.21. The molecule has 5 unspecified atom stereocenters. The molecule has 2 aliphatic rings. The lowest BCUT2D eigenvalue weighted by Crippen LogP contribution is -2.24. The minimum Gasteiger partial charge on any atom is -0.465 e. The number of carbonyl (C=O) groups excluding carboxylic acids is 1. The summed E-state index contributed by atoms with van der Waals surface area (Å²) in [6, 6.07) is 0. The average molecular weight is 268 g/mol. The van der Waals surface area contributed by atoms with E-state index in [4.69, 9.17) is 9.47 Å². The van der Waals surface area contributed by atoms with Crippen molar-refractivity contribution in [3.8, 4) is 0 Å². The summed E-state index contributed by atoms with van der Waals surface area (Å²) in [5.41, 5.74) is 0. The van der Waals surface area contributed by atoms with Crippen molar-refractivity contribution >= 4 is 5.97 Å². The topological polar surface area (TPSA) is 38.8 Å². The largest absolute Gasteiger partial charge is 0.465 e. The van der Waals surface area contributed by atoms with E-state index < -0.39 is 0 Å². The zero-order chi connectivity index (χ0) is 13.8. The van der Waals surface area contributed by atoms with Gasteiger partial charge in [0.15, 0.2) is 0 Å². The molecule has 1 saturated carbocycles. The molecule has 1 aliphatic heterocycles. The van der Waals surface area contributed by atoms with Gasteiger partial charge in [0.25, 0.3) is 0 Å². The third-order valence-electron chi connectivity index (χ3n) is 4.78. The fraction of sp³-hybridized carbons (Fsp3) is 0.938. The molecular formula is C16H28O3. The van der Waals surface area contributed by atoms with Crippen LogP contribution in [0.3, 0.4) is 0 Å². The van der Waals surface area contributed by atoms with Gasteiger partial charge < -0.3 is 9.47 Å². The van der Waals surface area contributed by atoms with E-state index in [9.17, 15) is 4.79 Å². The zero-order valence-corrected chi connectivity index (χ0v) is 12.6. The lowest BCUT2D eigenvalue weighted by molar-refractivity contribution is -0.151. The smallest absolute Gasteiger partial charge is 0.308 e. The van der Waals surface area contributed by atoms with Gasteiger partial charge in [-0.15, -0.1) is 0 Å². The van der Waals surface area contributed by atoms with E-state index in [0.29, 0.717) is 30.7 Å². The quantitative estimate of drug-likeness (QED) is 0.523. The molecule has 0 aromatic carbocycles.